The van der Waals surface area contributed by atoms with E-state index in [0.29, 0.717) is 50.9 Å². The van der Waals surface area contributed by atoms with Crippen molar-refractivity contribution in [2.75, 3.05) is 94.2 Å². The summed E-state index contributed by atoms with van der Waals surface area (Å²) in [6.45, 7) is 7.97. The lowest BCUT2D eigenvalue weighted by Gasteiger charge is -2.40. The van der Waals surface area contributed by atoms with Gasteiger partial charge in [-0.25, -0.2) is 14.2 Å². The molecular formula is C40H49FN14O5. The Morgan fingerprint density at radius 1 is 0.933 bits per heavy atom. The number of primary amides is 1. The summed E-state index contributed by atoms with van der Waals surface area (Å²) in [7, 11) is 1.79. The lowest BCUT2D eigenvalue weighted by atomic mass is 9.95. The van der Waals surface area contributed by atoms with Crippen molar-refractivity contribution in [2.24, 2.45) is 11.7 Å². The third-order valence-corrected chi connectivity index (χ3v) is 12.1. The normalized spacial score (nSPS) is 23.0. The number of nitrogens with one attached hydrogen (secondary N) is 3. The Bertz CT molecular complexity index is 2170. The first-order valence-corrected chi connectivity index (χ1v) is 20.5. The second-order valence-electron chi connectivity index (χ2n) is 16.0. The van der Waals surface area contributed by atoms with E-state index in [1.54, 1.807) is 24.2 Å². The third-order valence-electron chi connectivity index (χ3n) is 12.1. The van der Waals surface area contributed by atoms with Crippen LogP contribution in [0.25, 0.3) is 0 Å². The van der Waals surface area contributed by atoms with Gasteiger partial charge in [0, 0.05) is 91.5 Å². The van der Waals surface area contributed by atoms with Crippen molar-refractivity contribution in [3.05, 3.63) is 64.5 Å². The fourth-order valence-corrected chi connectivity index (χ4v) is 8.61. The van der Waals surface area contributed by atoms with E-state index in [-0.39, 0.29) is 59.7 Å². The topological polar surface area (TPSA) is 218 Å². The molecule has 0 radical (unpaired) electrons. The van der Waals surface area contributed by atoms with Crippen LogP contribution >= 0.6 is 0 Å². The van der Waals surface area contributed by atoms with E-state index >= 15 is 4.39 Å². The molecule has 0 aromatic carbocycles. The summed E-state index contributed by atoms with van der Waals surface area (Å²) in [6.07, 6.45) is 7.11. The number of piperazine rings is 1. The molecule has 2 aromatic heterocycles. The van der Waals surface area contributed by atoms with Crippen LogP contribution in [0.4, 0.5) is 26.6 Å². The number of imide groups is 1. The van der Waals surface area contributed by atoms with Crippen LogP contribution in [0.2, 0.25) is 0 Å². The van der Waals surface area contributed by atoms with Crippen molar-refractivity contribution in [3.8, 4) is 0 Å². The zero-order valence-corrected chi connectivity index (χ0v) is 33.5. The molecule has 1 unspecified atom stereocenters. The molecule has 5 fully saturated rings. The number of carbonyl (C=O) groups excluding carboxylic acids is 5. The molecule has 2 aromatic rings. The molecule has 0 saturated carbocycles. The van der Waals surface area contributed by atoms with E-state index in [2.05, 4.69) is 57.4 Å². The third kappa shape index (κ3) is 8.95. The second-order valence-corrected chi connectivity index (χ2v) is 16.0. The number of urea groups is 1. The largest absolute Gasteiger partial charge is 0.370 e. The quantitative estimate of drug-likeness (QED) is 0.180. The highest BCUT2D eigenvalue weighted by Crippen LogP contribution is 2.28. The van der Waals surface area contributed by atoms with Crippen molar-refractivity contribution >= 4 is 47.1 Å². The van der Waals surface area contributed by atoms with Crippen LogP contribution in [-0.2, 0) is 9.59 Å². The van der Waals surface area contributed by atoms with Gasteiger partial charge in [0.2, 0.25) is 17.8 Å². The van der Waals surface area contributed by atoms with Gasteiger partial charge in [-0.1, -0.05) is 0 Å². The van der Waals surface area contributed by atoms with E-state index in [1.807, 2.05) is 20.8 Å². The van der Waals surface area contributed by atoms with Gasteiger partial charge in [0.15, 0.2) is 17.3 Å². The molecule has 6 aliphatic rings. The Morgan fingerprint density at radius 3 is 2.42 bits per heavy atom. The highest BCUT2D eigenvalue weighted by atomic mass is 19.1. The standard InChI is InChI=1S/C40H49FN14O5/c1-50-15-20-55(40(50)60)28-3-2-12-54(24-28)39-47-36(34(35(42)57)48-49-39)44-26-4-8-32(29(41)21-26)53-18-16-51(17-19-53)23-25-10-13-52(14-11-25)27-5-6-30(43-22-27)37(58)45-31-7-9-33(56)46-38(31)59/h5-6,21-22,25,28,31H,2-3,7,9-20,23-24H2,1H3,(H2,42,57)(H,45,58)(H,44,47,49)(H,46,56,59)/t28-,31?/m1/s1. The molecule has 1 aliphatic carbocycles. The molecule has 6 amide bonds. The number of piperidine rings is 3. The van der Waals surface area contributed by atoms with Gasteiger partial charge in [-0.3, -0.25) is 29.4 Å². The first kappa shape index (κ1) is 40.4. The molecule has 0 spiro atoms. The van der Waals surface area contributed by atoms with Gasteiger partial charge in [0.25, 0.3) is 11.8 Å². The predicted molar refractivity (Wildman–Crippen MR) is 216 cm³/mol. The van der Waals surface area contributed by atoms with Gasteiger partial charge in [-0.05, 0) is 61.6 Å². The highest BCUT2D eigenvalue weighted by molar-refractivity contribution is 6.03. The summed E-state index contributed by atoms with van der Waals surface area (Å²) < 4.78 is 15.7. The number of anilines is 3. The van der Waals surface area contributed by atoms with Crippen LogP contribution in [0, 0.1) is 5.92 Å². The summed E-state index contributed by atoms with van der Waals surface area (Å²) in [5, 5.41) is 16.1. The SMILES string of the molecule is CN1CCN([C@@H]2CCCN(c3nnc(C(N)=O)c(NC4=C=C=C(N5CCN(CC6CCN(c7ccc(C(=O)NC8CCC(=O)NC8=O)nc7)CC6)CC5)C(F)=C4)n3)C2)C1=O. The Balaban J connectivity index is 0.821. The number of amides is 6. The molecule has 60 heavy (non-hydrogen) atoms. The minimum absolute atomic E-state index is 0.000710. The molecule has 7 heterocycles. The van der Waals surface area contributed by atoms with Gasteiger partial charge in [0.1, 0.15) is 17.4 Å². The van der Waals surface area contributed by atoms with Gasteiger partial charge in [0.05, 0.1) is 23.6 Å². The number of nitrogens with zero attached hydrogens (tertiary/aromatic N) is 10. The minimum atomic E-state index is -0.837. The number of hydrogen-bond acceptors (Lipinski definition) is 14. The van der Waals surface area contributed by atoms with E-state index in [0.717, 1.165) is 64.1 Å². The van der Waals surface area contributed by atoms with Crippen molar-refractivity contribution < 1.29 is 28.4 Å². The smallest absolute Gasteiger partial charge is 0.320 e. The van der Waals surface area contributed by atoms with Crippen LogP contribution in [0.1, 0.15) is 59.5 Å². The molecule has 0 bridgehead atoms. The van der Waals surface area contributed by atoms with Crippen LogP contribution in [0.15, 0.2) is 53.1 Å². The fourth-order valence-electron chi connectivity index (χ4n) is 8.61. The van der Waals surface area contributed by atoms with Crippen LogP contribution in [-0.4, -0.2) is 161 Å². The van der Waals surface area contributed by atoms with Crippen molar-refractivity contribution in [3.63, 3.8) is 0 Å². The molecule has 5 aliphatic heterocycles. The zero-order chi connectivity index (χ0) is 41.9. The predicted octanol–water partition coefficient (Wildman–Crippen LogP) is 0.572. The van der Waals surface area contributed by atoms with Gasteiger partial charge >= 0.3 is 6.03 Å². The highest BCUT2D eigenvalue weighted by Gasteiger charge is 2.35. The Hall–Kier alpha value is -6.36. The van der Waals surface area contributed by atoms with E-state index < -0.39 is 29.6 Å². The first-order chi connectivity index (χ1) is 29.0. The molecule has 5 N–H and O–H groups in total. The zero-order valence-electron chi connectivity index (χ0n) is 33.5. The number of halogens is 1. The number of nitrogens with two attached hydrogens (primary N) is 1. The number of carbonyl (C=O) groups is 5. The van der Waals surface area contributed by atoms with Crippen LogP contribution < -0.4 is 31.5 Å². The molecule has 20 heteroatoms. The summed E-state index contributed by atoms with van der Waals surface area (Å²) in [5.74, 6) is -1.80. The minimum Gasteiger partial charge on any atom is -0.370 e. The number of rotatable bonds is 11. The molecular weight excluding hydrogens is 776 g/mol. The number of aromatic nitrogens is 4. The van der Waals surface area contributed by atoms with E-state index in [4.69, 9.17) is 5.73 Å². The van der Waals surface area contributed by atoms with Crippen LogP contribution in [0.3, 0.4) is 0 Å². The summed E-state index contributed by atoms with van der Waals surface area (Å²) in [5.41, 5.74) is 13.0. The maximum Gasteiger partial charge on any atom is 0.320 e. The molecule has 5 saturated heterocycles. The summed E-state index contributed by atoms with van der Waals surface area (Å²) in [6, 6.07) is 2.76. The van der Waals surface area contributed by atoms with E-state index in [1.165, 1.54) is 6.08 Å². The lowest BCUT2D eigenvalue weighted by molar-refractivity contribution is -0.134. The maximum atomic E-state index is 15.7. The average Bonchev–Trinajstić information content (AvgIpc) is 3.59. The van der Waals surface area contributed by atoms with Crippen LogP contribution in [0.5, 0.6) is 0 Å². The van der Waals surface area contributed by atoms with Gasteiger partial charge < -0.3 is 40.9 Å². The van der Waals surface area contributed by atoms with Crippen molar-refractivity contribution in [1.82, 2.24) is 50.4 Å². The fraction of sp³-hybridized carbons (Fsp3) is 0.525. The number of allylic oxidation sites excluding steroid dienone is 2. The molecule has 8 rings (SSSR count). The number of pyridine rings is 1. The number of hydrogen-bond donors (Lipinski definition) is 4. The van der Waals surface area contributed by atoms with Gasteiger partial charge in [-0.2, -0.15) is 4.98 Å². The summed E-state index contributed by atoms with van der Waals surface area (Å²) >= 11 is 0. The molecule has 2 atom stereocenters. The number of likely N-dealkylation sites (N-methyl/N-ethyl adjacent to an activating group) is 1. The molecule has 316 valence electrons. The van der Waals surface area contributed by atoms with Crippen molar-refractivity contribution in [2.45, 2.75) is 50.6 Å². The van der Waals surface area contributed by atoms with Gasteiger partial charge in [-0.15, -0.1) is 10.2 Å². The Labute approximate surface area is 346 Å². The lowest BCUT2D eigenvalue weighted by Crippen LogP contribution is -2.52. The first-order valence-electron chi connectivity index (χ1n) is 20.5. The van der Waals surface area contributed by atoms with E-state index in [9.17, 15) is 24.0 Å². The molecule has 19 nitrogen and oxygen atoms in total. The monoisotopic (exact) mass is 824 g/mol. The Kier molecular flexibility index (Phi) is 11.8. The summed E-state index contributed by atoms with van der Waals surface area (Å²) in [4.78, 5) is 82.1. The second kappa shape index (κ2) is 17.5. The Morgan fingerprint density at radius 2 is 1.73 bits per heavy atom. The average molecular weight is 825 g/mol. The maximum absolute atomic E-state index is 15.7. The van der Waals surface area contributed by atoms with Crippen molar-refractivity contribution in [1.29, 1.82) is 0 Å².